The Hall–Kier alpha value is -3.40. The van der Waals surface area contributed by atoms with E-state index in [2.05, 4.69) is 38.4 Å². The van der Waals surface area contributed by atoms with Crippen LogP contribution in [-0.2, 0) is 17.6 Å². The number of nitrogens with one attached hydrogen (secondary N) is 2. The van der Waals surface area contributed by atoms with Crippen LogP contribution in [0.1, 0.15) is 57.0 Å². The fourth-order valence-electron chi connectivity index (χ4n) is 4.59. The molecule has 1 aliphatic carbocycles. The molecular formula is C28H26IN3O4. The van der Waals surface area contributed by atoms with Crippen LogP contribution in [0.15, 0.2) is 56.6 Å². The van der Waals surface area contributed by atoms with E-state index in [0.29, 0.717) is 12.1 Å². The number of anilines is 1. The highest BCUT2D eigenvalue weighted by atomic mass is 127. The first-order valence-corrected chi connectivity index (χ1v) is 12.9. The number of fused-ring (bicyclic) bond motifs is 2. The van der Waals surface area contributed by atoms with E-state index < -0.39 is 0 Å². The Morgan fingerprint density at radius 1 is 1.03 bits per heavy atom. The number of carbonyl (C=O) groups excluding carboxylic acids is 2. The van der Waals surface area contributed by atoms with Crippen molar-refractivity contribution in [2.45, 2.75) is 46.5 Å². The molecule has 2 aromatic carbocycles. The summed E-state index contributed by atoms with van der Waals surface area (Å²) in [6, 6.07) is 11.6. The average Bonchev–Trinajstić information content (AvgIpc) is 3.43. The third kappa shape index (κ3) is 4.69. The number of carbonyl (C=O) groups is 2. The molecule has 1 aliphatic rings. The first-order chi connectivity index (χ1) is 17.3. The zero-order valence-corrected chi connectivity index (χ0v) is 22.5. The highest BCUT2D eigenvalue weighted by Gasteiger charge is 2.28. The Labute approximate surface area is 222 Å². The molecule has 8 heteroatoms. The molecule has 36 heavy (non-hydrogen) atoms. The Kier molecular flexibility index (Phi) is 6.70. The third-order valence-corrected chi connectivity index (χ3v) is 7.36. The van der Waals surface area contributed by atoms with E-state index in [1.165, 1.54) is 0 Å². The van der Waals surface area contributed by atoms with Gasteiger partial charge in [-0.2, -0.15) is 5.10 Å². The maximum absolute atomic E-state index is 12.9. The van der Waals surface area contributed by atoms with Gasteiger partial charge in [0, 0.05) is 37.8 Å². The second-order valence-electron chi connectivity index (χ2n) is 9.08. The summed E-state index contributed by atoms with van der Waals surface area (Å²) >= 11 is 2.22. The maximum Gasteiger partial charge on any atom is 0.291 e. The number of hydrogen-bond acceptors (Lipinski definition) is 5. The minimum absolute atomic E-state index is 0.160. The fourth-order valence-corrected chi connectivity index (χ4v) is 4.94. The van der Waals surface area contributed by atoms with E-state index in [9.17, 15) is 9.59 Å². The van der Waals surface area contributed by atoms with E-state index in [4.69, 9.17) is 8.83 Å². The Balaban J connectivity index is 1.33. The van der Waals surface area contributed by atoms with Gasteiger partial charge in [0.05, 0.1) is 18.4 Å². The Morgan fingerprint density at radius 2 is 1.81 bits per heavy atom. The van der Waals surface area contributed by atoms with Gasteiger partial charge < -0.3 is 14.2 Å². The highest BCUT2D eigenvalue weighted by molar-refractivity contribution is 14.1. The van der Waals surface area contributed by atoms with Crippen LogP contribution in [0.5, 0.6) is 0 Å². The van der Waals surface area contributed by atoms with Gasteiger partial charge in [0.15, 0.2) is 5.76 Å². The molecule has 0 fully saturated rings. The molecule has 7 nitrogen and oxygen atoms in total. The lowest BCUT2D eigenvalue weighted by Crippen LogP contribution is -2.23. The molecule has 0 radical (unpaired) electrons. The third-order valence-electron chi connectivity index (χ3n) is 6.64. The molecule has 0 bridgehead atoms. The van der Waals surface area contributed by atoms with Crippen molar-refractivity contribution in [1.29, 1.82) is 0 Å². The van der Waals surface area contributed by atoms with Crippen molar-refractivity contribution in [3.8, 4) is 0 Å². The second-order valence-corrected chi connectivity index (χ2v) is 10.3. The molecule has 0 unspecified atom stereocenters. The molecule has 0 saturated carbocycles. The van der Waals surface area contributed by atoms with Crippen LogP contribution in [0.3, 0.4) is 0 Å². The molecular weight excluding hydrogens is 569 g/mol. The van der Waals surface area contributed by atoms with Crippen molar-refractivity contribution in [2.24, 2.45) is 5.10 Å². The summed E-state index contributed by atoms with van der Waals surface area (Å²) in [6.07, 6.45) is 4.05. The quantitative estimate of drug-likeness (QED) is 0.212. The molecule has 0 aliphatic heterocycles. The van der Waals surface area contributed by atoms with E-state index in [-0.39, 0.29) is 24.0 Å². The van der Waals surface area contributed by atoms with Gasteiger partial charge in [0.2, 0.25) is 5.91 Å². The fraction of sp³-hybridized carbons (Fsp3) is 0.250. The number of furan rings is 2. The van der Waals surface area contributed by atoms with Gasteiger partial charge in [0.25, 0.3) is 5.91 Å². The molecule has 0 saturated heterocycles. The molecule has 2 N–H and O–H groups in total. The van der Waals surface area contributed by atoms with Crippen LogP contribution in [0.25, 0.3) is 11.0 Å². The highest BCUT2D eigenvalue weighted by Crippen LogP contribution is 2.31. The molecule has 4 aromatic rings. The van der Waals surface area contributed by atoms with Gasteiger partial charge in [-0.05, 0) is 91.6 Å². The van der Waals surface area contributed by atoms with Crippen molar-refractivity contribution >= 4 is 56.8 Å². The lowest BCUT2D eigenvalue weighted by molar-refractivity contribution is -0.120. The number of amides is 2. The summed E-state index contributed by atoms with van der Waals surface area (Å²) in [5.74, 6) is 0.471. The largest absolute Gasteiger partial charge is 0.464 e. The Bertz CT molecular complexity index is 1510. The summed E-state index contributed by atoms with van der Waals surface area (Å²) in [5.41, 5.74) is 9.52. The first kappa shape index (κ1) is 24.3. The molecule has 184 valence electrons. The summed E-state index contributed by atoms with van der Waals surface area (Å²) in [7, 11) is 0. The predicted octanol–water partition coefficient (Wildman–Crippen LogP) is 6.21. The zero-order chi connectivity index (χ0) is 25.4. The van der Waals surface area contributed by atoms with Crippen molar-refractivity contribution in [2.75, 3.05) is 5.32 Å². The van der Waals surface area contributed by atoms with E-state index in [1.807, 2.05) is 57.2 Å². The topological polar surface area (TPSA) is 96.8 Å². The summed E-state index contributed by atoms with van der Waals surface area (Å²) in [6.45, 7) is 5.91. The molecule has 2 aromatic heterocycles. The smallest absolute Gasteiger partial charge is 0.291 e. The van der Waals surface area contributed by atoms with Crippen molar-refractivity contribution in [3.05, 3.63) is 85.6 Å². The SMILES string of the molecule is Cc1ccc2c(CC(=O)N/N=C3\CCCc4oc(C(=O)Nc5ccc(I)cc5)c(C)c43)coc2c1C. The van der Waals surface area contributed by atoms with Gasteiger partial charge in [-0.25, -0.2) is 5.43 Å². The number of hydrazone groups is 1. The van der Waals surface area contributed by atoms with Crippen molar-refractivity contribution < 1.29 is 18.4 Å². The van der Waals surface area contributed by atoms with Crippen molar-refractivity contribution in [3.63, 3.8) is 0 Å². The van der Waals surface area contributed by atoms with E-state index in [1.54, 1.807) is 6.26 Å². The number of hydrogen-bond donors (Lipinski definition) is 2. The van der Waals surface area contributed by atoms with Crippen LogP contribution < -0.4 is 10.7 Å². The lowest BCUT2D eigenvalue weighted by atomic mass is 9.93. The first-order valence-electron chi connectivity index (χ1n) is 11.8. The van der Waals surface area contributed by atoms with Crippen molar-refractivity contribution in [1.82, 2.24) is 5.43 Å². The number of nitrogens with zero attached hydrogens (tertiary/aromatic N) is 1. The lowest BCUT2D eigenvalue weighted by Gasteiger charge is -2.13. The number of rotatable bonds is 5. The standard InChI is InChI=1S/C28H26IN3O4/c1-15-7-12-21-18(14-35-26(21)16(15)2)13-24(33)32-31-22-5-4-6-23-25(22)17(3)27(36-23)28(34)30-20-10-8-19(29)9-11-20/h7-12,14H,4-6,13H2,1-3H3,(H,30,34)(H,32,33)/b31-22+. The maximum atomic E-state index is 12.9. The molecule has 2 amide bonds. The second kappa shape index (κ2) is 9.93. The molecule has 0 atom stereocenters. The molecule has 2 heterocycles. The zero-order valence-electron chi connectivity index (χ0n) is 20.3. The summed E-state index contributed by atoms with van der Waals surface area (Å²) < 4.78 is 12.8. The summed E-state index contributed by atoms with van der Waals surface area (Å²) in [4.78, 5) is 25.7. The molecule has 5 rings (SSSR count). The number of benzene rings is 2. The number of aryl methyl sites for hydroxylation is 3. The van der Waals surface area contributed by atoms with E-state index >= 15 is 0 Å². The number of halogens is 1. The molecule has 0 spiro atoms. The minimum atomic E-state index is -0.302. The Morgan fingerprint density at radius 3 is 2.58 bits per heavy atom. The van der Waals surface area contributed by atoms with Crippen LogP contribution in [0.2, 0.25) is 0 Å². The van der Waals surface area contributed by atoms with Crippen LogP contribution in [0, 0.1) is 24.3 Å². The normalized spacial score (nSPS) is 14.2. The van der Waals surface area contributed by atoms with Gasteiger partial charge in [-0.3, -0.25) is 9.59 Å². The average molecular weight is 595 g/mol. The van der Waals surface area contributed by atoms with Crippen LogP contribution >= 0.6 is 22.6 Å². The monoisotopic (exact) mass is 595 g/mol. The van der Waals surface area contributed by atoms with Crippen LogP contribution in [-0.4, -0.2) is 17.5 Å². The van der Waals surface area contributed by atoms with Gasteiger partial charge in [-0.15, -0.1) is 0 Å². The van der Waals surface area contributed by atoms with Gasteiger partial charge >= 0.3 is 0 Å². The predicted molar refractivity (Wildman–Crippen MR) is 148 cm³/mol. The van der Waals surface area contributed by atoms with Gasteiger partial charge in [0.1, 0.15) is 11.3 Å². The minimum Gasteiger partial charge on any atom is -0.464 e. The van der Waals surface area contributed by atoms with Crippen LogP contribution in [0.4, 0.5) is 5.69 Å². The van der Waals surface area contributed by atoms with E-state index in [0.717, 1.165) is 66.7 Å². The summed E-state index contributed by atoms with van der Waals surface area (Å²) in [5, 5.41) is 8.27. The van der Waals surface area contributed by atoms with Gasteiger partial charge in [-0.1, -0.05) is 12.1 Å².